The van der Waals surface area contributed by atoms with Crippen LogP contribution < -0.4 is 16.2 Å². The third kappa shape index (κ3) is 3.43. The molecule has 1 aromatic heterocycles. The van der Waals surface area contributed by atoms with Gasteiger partial charge in [0.25, 0.3) is 5.91 Å². The molecule has 1 aromatic carbocycles. The number of fused-ring (bicyclic) bond motifs is 1. The number of hydrogen-bond donors (Lipinski definition) is 3. The van der Waals surface area contributed by atoms with E-state index in [9.17, 15) is 4.79 Å². The zero-order valence-corrected chi connectivity index (χ0v) is 14.3. The van der Waals surface area contributed by atoms with Crippen LogP contribution in [0.1, 0.15) is 11.5 Å². The van der Waals surface area contributed by atoms with Gasteiger partial charge in [-0.3, -0.25) is 21.0 Å². The number of thiazole rings is 1. The lowest BCUT2D eigenvalue weighted by Crippen LogP contribution is -2.46. The summed E-state index contributed by atoms with van der Waals surface area (Å²) >= 11 is 1.45. The molecule has 2 aliphatic heterocycles. The fourth-order valence-corrected chi connectivity index (χ4v) is 3.95. The predicted molar refractivity (Wildman–Crippen MR) is 93.9 cm³/mol. The quantitative estimate of drug-likeness (QED) is 0.691. The summed E-state index contributed by atoms with van der Waals surface area (Å²) in [4.78, 5) is 18.4. The number of nitriles is 1. The summed E-state index contributed by atoms with van der Waals surface area (Å²) in [6.45, 7) is 2.98. The normalized spacial score (nSPS) is 21.4. The molecule has 25 heavy (non-hydrogen) atoms. The van der Waals surface area contributed by atoms with E-state index in [0.717, 1.165) is 23.3 Å². The second-order valence-electron chi connectivity index (χ2n) is 6.10. The van der Waals surface area contributed by atoms with Crippen molar-refractivity contribution >= 4 is 32.6 Å². The number of carbonyl (C=O) groups excluding carboxylic acids is 1. The van der Waals surface area contributed by atoms with E-state index in [-0.39, 0.29) is 12.5 Å². The molecule has 1 unspecified atom stereocenters. The Hall–Kier alpha value is -2.25. The van der Waals surface area contributed by atoms with Gasteiger partial charge in [-0.15, -0.1) is 0 Å². The molecule has 9 heteroatoms. The highest BCUT2D eigenvalue weighted by atomic mass is 32.1. The summed E-state index contributed by atoms with van der Waals surface area (Å²) < 4.78 is 6.51. The lowest BCUT2D eigenvalue weighted by Gasteiger charge is -2.27. The average Bonchev–Trinajstić information content (AvgIpc) is 3.30. The third-order valence-corrected chi connectivity index (χ3v) is 5.37. The molecule has 4 rings (SSSR count). The van der Waals surface area contributed by atoms with Crippen LogP contribution in [0.25, 0.3) is 10.2 Å². The van der Waals surface area contributed by atoms with Crippen molar-refractivity contribution in [2.45, 2.75) is 12.0 Å². The number of hydrazine groups is 1. The summed E-state index contributed by atoms with van der Waals surface area (Å²) in [5.74, 6) is 0.181. The minimum Gasteiger partial charge on any atom is -0.365 e. The molecular formula is C16H18N6O2S. The number of anilines is 1. The molecule has 130 valence electrons. The monoisotopic (exact) mass is 358 g/mol. The molecule has 2 aromatic rings. The smallest absolute Gasteiger partial charge is 0.257 e. The Morgan fingerprint density at radius 3 is 3.08 bits per heavy atom. The topological polar surface area (TPSA) is 102 Å². The van der Waals surface area contributed by atoms with Gasteiger partial charge in [-0.1, -0.05) is 17.4 Å². The number of aromatic nitrogens is 1. The third-order valence-electron chi connectivity index (χ3n) is 4.44. The first-order valence-electron chi connectivity index (χ1n) is 8.16. The van der Waals surface area contributed by atoms with Crippen molar-refractivity contribution in [2.24, 2.45) is 0 Å². The van der Waals surface area contributed by atoms with Gasteiger partial charge in [0, 0.05) is 19.0 Å². The van der Waals surface area contributed by atoms with E-state index >= 15 is 0 Å². The summed E-state index contributed by atoms with van der Waals surface area (Å²) in [6, 6.07) is 6.21. The van der Waals surface area contributed by atoms with E-state index in [2.05, 4.69) is 39.5 Å². The van der Waals surface area contributed by atoms with Gasteiger partial charge in [0.05, 0.1) is 29.9 Å². The van der Waals surface area contributed by atoms with Gasteiger partial charge < -0.3 is 9.64 Å². The molecule has 3 N–H and O–H groups in total. The standard InChI is InChI=1S/C16H18N6O2S/c17-9-22-3-4-24-13(8-22)15(23)21-16-20-12-2-1-10(5-14(12)25-16)11-6-18-19-7-11/h1-2,5,11,13,18-19H,3-4,6-8H2,(H,20,21,23). The Balaban J connectivity index is 1.48. The minimum atomic E-state index is -0.647. The molecule has 2 fully saturated rings. The van der Waals surface area contributed by atoms with Crippen LogP contribution >= 0.6 is 11.3 Å². The molecule has 0 bridgehead atoms. The van der Waals surface area contributed by atoms with Crippen molar-refractivity contribution < 1.29 is 9.53 Å². The van der Waals surface area contributed by atoms with Crippen LogP contribution in [-0.4, -0.2) is 54.7 Å². The van der Waals surface area contributed by atoms with Gasteiger partial charge in [-0.25, -0.2) is 4.98 Å². The van der Waals surface area contributed by atoms with E-state index in [1.165, 1.54) is 21.8 Å². The highest BCUT2D eigenvalue weighted by molar-refractivity contribution is 7.22. The Labute approximate surface area is 148 Å². The van der Waals surface area contributed by atoms with Gasteiger partial charge >= 0.3 is 0 Å². The molecular weight excluding hydrogens is 340 g/mol. The maximum absolute atomic E-state index is 12.4. The van der Waals surface area contributed by atoms with Gasteiger partial charge in [-0.05, 0) is 17.7 Å². The largest absolute Gasteiger partial charge is 0.365 e. The number of carbonyl (C=O) groups is 1. The fraction of sp³-hybridized carbons (Fsp3) is 0.438. The van der Waals surface area contributed by atoms with Crippen LogP contribution in [0.3, 0.4) is 0 Å². The second-order valence-corrected chi connectivity index (χ2v) is 7.13. The van der Waals surface area contributed by atoms with E-state index in [1.807, 2.05) is 6.07 Å². The Morgan fingerprint density at radius 1 is 1.44 bits per heavy atom. The molecule has 8 nitrogen and oxygen atoms in total. The summed E-state index contributed by atoms with van der Waals surface area (Å²) in [5.41, 5.74) is 8.39. The van der Waals surface area contributed by atoms with Crippen LogP contribution in [0.5, 0.6) is 0 Å². The minimum absolute atomic E-state index is 0.261. The molecule has 1 atom stereocenters. The summed E-state index contributed by atoms with van der Waals surface area (Å²) in [6.07, 6.45) is 1.41. The van der Waals surface area contributed by atoms with Crippen LogP contribution in [0.4, 0.5) is 5.13 Å². The van der Waals surface area contributed by atoms with Crippen molar-refractivity contribution in [3.8, 4) is 6.19 Å². The molecule has 2 saturated heterocycles. The molecule has 2 aliphatic rings. The van der Waals surface area contributed by atoms with E-state index < -0.39 is 6.10 Å². The first-order chi connectivity index (χ1) is 12.2. The van der Waals surface area contributed by atoms with E-state index in [0.29, 0.717) is 24.2 Å². The van der Waals surface area contributed by atoms with Gasteiger partial charge in [-0.2, -0.15) is 5.26 Å². The number of hydrogen-bond acceptors (Lipinski definition) is 8. The van der Waals surface area contributed by atoms with Crippen LogP contribution in [0.15, 0.2) is 18.2 Å². The van der Waals surface area contributed by atoms with Gasteiger partial charge in [0.15, 0.2) is 17.4 Å². The molecule has 1 amide bonds. The number of rotatable bonds is 3. The van der Waals surface area contributed by atoms with Crippen molar-refractivity contribution in [3.63, 3.8) is 0 Å². The highest BCUT2D eigenvalue weighted by Gasteiger charge is 2.27. The zero-order valence-electron chi connectivity index (χ0n) is 13.5. The first kappa shape index (κ1) is 16.2. The number of ether oxygens (including phenoxy) is 1. The van der Waals surface area contributed by atoms with Gasteiger partial charge in [0.2, 0.25) is 0 Å². The summed E-state index contributed by atoms with van der Waals surface area (Å²) in [7, 11) is 0. The van der Waals surface area contributed by atoms with Crippen molar-refractivity contribution in [3.05, 3.63) is 23.8 Å². The lowest BCUT2D eigenvalue weighted by atomic mass is 10.0. The van der Waals surface area contributed by atoms with Crippen LogP contribution in [-0.2, 0) is 9.53 Å². The van der Waals surface area contributed by atoms with Crippen molar-refractivity contribution in [1.82, 2.24) is 20.7 Å². The Morgan fingerprint density at radius 2 is 2.28 bits per heavy atom. The molecule has 3 heterocycles. The number of benzene rings is 1. The molecule has 0 aliphatic carbocycles. The lowest BCUT2D eigenvalue weighted by molar-refractivity contribution is -0.131. The fourth-order valence-electron chi connectivity index (χ4n) is 3.03. The number of morpholine rings is 1. The van der Waals surface area contributed by atoms with Crippen LogP contribution in [0, 0.1) is 11.5 Å². The Bertz CT molecular complexity index is 826. The number of nitrogens with zero attached hydrogens (tertiary/aromatic N) is 3. The average molecular weight is 358 g/mol. The maximum atomic E-state index is 12.4. The zero-order chi connectivity index (χ0) is 17.2. The van der Waals surface area contributed by atoms with Gasteiger partial charge in [0.1, 0.15) is 0 Å². The molecule has 0 saturated carbocycles. The number of amides is 1. The first-order valence-corrected chi connectivity index (χ1v) is 8.98. The van der Waals surface area contributed by atoms with Crippen LogP contribution in [0.2, 0.25) is 0 Å². The van der Waals surface area contributed by atoms with Crippen molar-refractivity contribution in [1.29, 1.82) is 5.26 Å². The SMILES string of the molecule is N#CN1CCOC(C(=O)Nc2nc3ccc(C4CNNC4)cc3s2)C1. The molecule has 0 spiro atoms. The maximum Gasteiger partial charge on any atom is 0.257 e. The summed E-state index contributed by atoms with van der Waals surface area (Å²) in [5, 5.41) is 12.3. The Kier molecular flexibility index (Phi) is 4.50. The van der Waals surface area contributed by atoms with E-state index in [1.54, 1.807) is 0 Å². The molecule has 0 radical (unpaired) electrons. The predicted octanol–water partition coefficient (Wildman–Crippen LogP) is 0.608. The van der Waals surface area contributed by atoms with E-state index in [4.69, 9.17) is 10.00 Å². The number of nitrogens with one attached hydrogen (secondary N) is 3. The van der Waals surface area contributed by atoms with Crippen molar-refractivity contribution in [2.75, 3.05) is 38.1 Å². The highest BCUT2D eigenvalue weighted by Crippen LogP contribution is 2.29. The second kappa shape index (κ2) is 6.93.